The van der Waals surface area contributed by atoms with Crippen molar-refractivity contribution in [3.63, 3.8) is 0 Å². The number of piperidine rings is 2. The minimum absolute atomic E-state index is 0.104. The third-order valence-electron chi connectivity index (χ3n) is 7.39. The molecule has 0 aromatic heterocycles. The Morgan fingerprint density at radius 1 is 0.969 bits per heavy atom. The highest BCUT2D eigenvalue weighted by Crippen LogP contribution is 2.43. The van der Waals surface area contributed by atoms with Crippen molar-refractivity contribution in [1.82, 2.24) is 10.2 Å². The van der Waals surface area contributed by atoms with Crippen LogP contribution in [0.4, 0.5) is 0 Å². The number of nitrogens with one attached hydrogen (secondary N) is 1. The smallest absolute Gasteiger partial charge is 0.0709 e. The summed E-state index contributed by atoms with van der Waals surface area (Å²) in [5.74, 6) is 0. The van der Waals surface area contributed by atoms with Crippen LogP contribution in [0, 0.1) is 13.8 Å². The van der Waals surface area contributed by atoms with Crippen LogP contribution in [0.25, 0.3) is 0 Å². The average molecular weight is 449 g/mol. The largest absolute Gasteiger partial charge is 0.380 e. The van der Waals surface area contributed by atoms with E-state index < -0.39 is 0 Å². The van der Waals surface area contributed by atoms with Crippen LogP contribution in [0.1, 0.15) is 54.4 Å². The highest BCUT2D eigenvalue weighted by atomic mass is 35.5. The van der Waals surface area contributed by atoms with Crippen molar-refractivity contribution in [2.45, 2.75) is 75.8 Å². The summed E-state index contributed by atoms with van der Waals surface area (Å²) in [6.07, 6.45) is 7.27. The number of allylic oxidation sites excluding steroid dienone is 2. The maximum Gasteiger partial charge on any atom is 0.0709 e. The van der Waals surface area contributed by atoms with Gasteiger partial charge >= 0.3 is 0 Å². The minimum Gasteiger partial charge on any atom is -0.380 e. The summed E-state index contributed by atoms with van der Waals surface area (Å²) in [6, 6.07) is 18.2. The first-order chi connectivity index (χ1) is 15.3. The molecule has 0 amide bonds. The molecule has 2 aromatic carbocycles. The quantitative estimate of drug-likeness (QED) is 0.429. The molecule has 3 heteroatoms. The molecule has 32 heavy (non-hydrogen) atoms. The zero-order valence-corrected chi connectivity index (χ0v) is 20.4. The number of hydrogen-bond acceptors (Lipinski definition) is 2. The number of alkyl halides is 1. The number of hydrogen-bond donors (Lipinski definition) is 1. The third-order valence-corrected chi connectivity index (χ3v) is 7.98. The van der Waals surface area contributed by atoms with Crippen LogP contribution >= 0.6 is 11.6 Å². The fraction of sp³-hybridized carbons (Fsp3) is 0.448. The molecule has 1 aliphatic carbocycles. The summed E-state index contributed by atoms with van der Waals surface area (Å²) in [7, 11) is 0. The third kappa shape index (κ3) is 5.23. The lowest BCUT2D eigenvalue weighted by Gasteiger charge is -2.57. The molecule has 1 N–H and O–H groups in total. The van der Waals surface area contributed by atoms with Gasteiger partial charge in [0.2, 0.25) is 0 Å². The lowest BCUT2D eigenvalue weighted by atomic mass is 9.72. The first-order valence-electron chi connectivity index (χ1n) is 12.0. The molecular weight excluding hydrogens is 412 g/mol. The standard InChI is InChI=1S/C29H37ClN2/c1-21-5-11-25(12-6-21)15-9-23(3)31-29-18-17-27(19-28(29)30)32(20-29)24(4)10-16-26-13-7-22(2)8-14-26/h5-8,11-14,27-28,31H,3-4,9-10,15-20H2,1-2H3. The molecule has 2 nitrogen and oxygen atoms in total. The van der Waals surface area contributed by atoms with E-state index in [2.05, 4.69) is 85.8 Å². The Bertz CT molecular complexity index is 946. The number of halogens is 1. The SMILES string of the molecule is C=C(CCc1ccc(C)cc1)NC12CCC(CC1Cl)N(C(=C)CCc1ccc(C)cc1)C2. The van der Waals surface area contributed by atoms with E-state index in [0.717, 1.165) is 50.8 Å². The molecule has 0 spiro atoms. The predicted molar refractivity (Wildman–Crippen MR) is 137 cm³/mol. The molecule has 170 valence electrons. The summed E-state index contributed by atoms with van der Waals surface area (Å²) < 4.78 is 0. The van der Waals surface area contributed by atoms with Crippen LogP contribution in [0.15, 0.2) is 73.1 Å². The first kappa shape index (κ1) is 23.0. The van der Waals surface area contributed by atoms with Crippen LogP contribution in [0.3, 0.4) is 0 Å². The van der Waals surface area contributed by atoms with Crippen LogP contribution in [0.2, 0.25) is 0 Å². The topological polar surface area (TPSA) is 15.3 Å². The van der Waals surface area contributed by atoms with E-state index in [0.29, 0.717) is 6.04 Å². The van der Waals surface area contributed by atoms with Crippen LogP contribution in [0.5, 0.6) is 0 Å². The van der Waals surface area contributed by atoms with Crippen molar-refractivity contribution >= 4 is 11.6 Å². The molecule has 2 saturated heterocycles. The molecule has 3 atom stereocenters. The van der Waals surface area contributed by atoms with E-state index in [1.807, 2.05) is 0 Å². The summed E-state index contributed by atoms with van der Waals surface area (Å²) in [6.45, 7) is 14.0. The molecule has 2 aromatic rings. The lowest BCUT2D eigenvalue weighted by Crippen LogP contribution is -2.68. The van der Waals surface area contributed by atoms with Crippen molar-refractivity contribution < 1.29 is 0 Å². The van der Waals surface area contributed by atoms with Gasteiger partial charge in [0.05, 0.1) is 10.9 Å². The molecule has 2 heterocycles. The van der Waals surface area contributed by atoms with Gasteiger partial charge in [-0.15, -0.1) is 11.6 Å². The van der Waals surface area contributed by atoms with E-state index in [1.54, 1.807) is 0 Å². The highest BCUT2D eigenvalue weighted by molar-refractivity contribution is 6.21. The second-order valence-electron chi connectivity index (χ2n) is 9.95. The minimum atomic E-state index is -0.104. The van der Waals surface area contributed by atoms with E-state index in [9.17, 15) is 0 Å². The van der Waals surface area contributed by atoms with Crippen LogP contribution in [-0.4, -0.2) is 28.4 Å². The van der Waals surface area contributed by atoms with Gasteiger partial charge in [0.15, 0.2) is 0 Å². The van der Waals surface area contributed by atoms with Gasteiger partial charge in [0.1, 0.15) is 0 Å². The Kier molecular flexibility index (Phi) is 7.00. The van der Waals surface area contributed by atoms with E-state index in [1.165, 1.54) is 34.4 Å². The Balaban J connectivity index is 1.35. The number of fused-ring (bicyclic) bond motifs is 3. The Morgan fingerprint density at radius 2 is 1.53 bits per heavy atom. The van der Waals surface area contributed by atoms with Crippen molar-refractivity contribution in [2.24, 2.45) is 0 Å². The van der Waals surface area contributed by atoms with Gasteiger partial charge in [-0.3, -0.25) is 0 Å². The van der Waals surface area contributed by atoms with Crippen LogP contribution in [-0.2, 0) is 12.8 Å². The van der Waals surface area contributed by atoms with Crippen LogP contribution < -0.4 is 5.32 Å². The van der Waals surface area contributed by atoms with E-state index in [-0.39, 0.29) is 10.9 Å². The molecule has 2 bridgehead atoms. The zero-order valence-electron chi connectivity index (χ0n) is 19.7. The number of aryl methyl sites for hydroxylation is 4. The van der Waals surface area contributed by atoms with E-state index >= 15 is 0 Å². The van der Waals surface area contributed by atoms with Gasteiger partial charge in [-0.1, -0.05) is 72.8 Å². The van der Waals surface area contributed by atoms with Gasteiger partial charge in [0.25, 0.3) is 0 Å². The Hall–Kier alpha value is -2.19. The summed E-state index contributed by atoms with van der Waals surface area (Å²) in [4.78, 5) is 2.54. The zero-order chi connectivity index (χ0) is 22.7. The summed E-state index contributed by atoms with van der Waals surface area (Å²) >= 11 is 6.95. The molecular formula is C29H37ClN2. The predicted octanol–water partition coefficient (Wildman–Crippen LogP) is 6.70. The fourth-order valence-electron chi connectivity index (χ4n) is 5.26. The molecule has 3 unspecified atom stereocenters. The molecule has 3 fully saturated rings. The van der Waals surface area contributed by atoms with Gasteiger partial charge < -0.3 is 10.2 Å². The van der Waals surface area contributed by atoms with E-state index in [4.69, 9.17) is 11.6 Å². The first-order valence-corrected chi connectivity index (χ1v) is 12.4. The molecule has 1 saturated carbocycles. The molecule has 2 aliphatic heterocycles. The van der Waals surface area contributed by atoms with Crippen molar-refractivity contribution in [1.29, 1.82) is 0 Å². The molecule has 3 aliphatic rings. The average Bonchev–Trinajstić information content (AvgIpc) is 2.79. The molecule has 0 radical (unpaired) electrons. The van der Waals surface area contributed by atoms with Gasteiger partial charge in [-0.05, 0) is 69.9 Å². The number of benzene rings is 2. The second kappa shape index (κ2) is 9.75. The van der Waals surface area contributed by atoms with Crippen molar-refractivity contribution in [3.05, 3.63) is 95.3 Å². The van der Waals surface area contributed by atoms with Crippen molar-refractivity contribution in [3.8, 4) is 0 Å². The van der Waals surface area contributed by atoms with Gasteiger partial charge in [0, 0.05) is 24.0 Å². The maximum absolute atomic E-state index is 6.95. The van der Waals surface area contributed by atoms with Gasteiger partial charge in [-0.25, -0.2) is 0 Å². The highest BCUT2D eigenvalue weighted by Gasteiger charge is 2.50. The molecule has 5 rings (SSSR count). The number of nitrogens with zero attached hydrogens (tertiary/aromatic N) is 1. The normalized spacial score (nSPS) is 24.4. The maximum atomic E-state index is 6.95. The summed E-state index contributed by atoms with van der Waals surface area (Å²) in [5, 5.41) is 3.94. The fourth-order valence-corrected chi connectivity index (χ4v) is 5.70. The summed E-state index contributed by atoms with van der Waals surface area (Å²) in [5.41, 5.74) is 7.59. The monoisotopic (exact) mass is 448 g/mol. The van der Waals surface area contributed by atoms with Gasteiger partial charge in [-0.2, -0.15) is 0 Å². The lowest BCUT2D eigenvalue weighted by molar-refractivity contribution is 0.0412. The second-order valence-corrected chi connectivity index (χ2v) is 10.5. The Morgan fingerprint density at radius 3 is 2.09 bits per heavy atom. The number of rotatable bonds is 9. The van der Waals surface area contributed by atoms with Crippen molar-refractivity contribution in [2.75, 3.05) is 6.54 Å². The Labute approximate surface area is 199 Å².